The number of amides is 2. The van der Waals surface area contributed by atoms with E-state index in [-0.39, 0.29) is 35.5 Å². The predicted octanol–water partition coefficient (Wildman–Crippen LogP) is 6.05. The number of imide groups is 1. The first-order chi connectivity index (χ1) is 19.2. The number of aromatic hydroxyl groups is 1. The van der Waals surface area contributed by atoms with Crippen molar-refractivity contribution in [2.75, 3.05) is 7.11 Å². The van der Waals surface area contributed by atoms with Crippen LogP contribution in [0.15, 0.2) is 46.4 Å². The summed E-state index contributed by atoms with van der Waals surface area (Å²) in [4.78, 5) is 29.7. The summed E-state index contributed by atoms with van der Waals surface area (Å²) >= 11 is 3.64. The zero-order chi connectivity index (χ0) is 28.6. The van der Waals surface area contributed by atoms with Crippen LogP contribution in [0.2, 0.25) is 6.32 Å². The molecule has 0 unspecified atom stereocenters. The zero-order valence-corrected chi connectivity index (χ0v) is 26.0. The van der Waals surface area contributed by atoms with Gasteiger partial charge in [-0.1, -0.05) is 36.6 Å². The van der Waals surface area contributed by atoms with Gasteiger partial charge in [0.05, 0.1) is 35.2 Å². The summed E-state index contributed by atoms with van der Waals surface area (Å²) in [5.41, 5.74) is 4.43. The van der Waals surface area contributed by atoms with E-state index in [0.29, 0.717) is 35.0 Å². The van der Waals surface area contributed by atoms with Gasteiger partial charge in [0, 0.05) is 4.88 Å². The smallest absolute Gasteiger partial charge is 0.455 e. The van der Waals surface area contributed by atoms with E-state index in [1.165, 1.54) is 17.6 Å². The lowest BCUT2D eigenvalue weighted by Crippen LogP contribution is -2.46. The number of rotatable bonds is 9. The summed E-state index contributed by atoms with van der Waals surface area (Å²) in [6.45, 7) is 4.51. The number of halogens is 1. The van der Waals surface area contributed by atoms with Crippen LogP contribution in [-0.2, 0) is 20.8 Å². The van der Waals surface area contributed by atoms with Crippen molar-refractivity contribution in [1.29, 1.82) is 0 Å². The van der Waals surface area contributed by atoms with Crippen molar-refractivity contribution in [1.82, 2.24) is 4.90 Å². The van der Waals surface area contributed by atoms with Crippen molar-refractivity contribution in [3.05, 3.63) is 60.4 Å². The minimum absolute atomic E-state index is 0.0775. The number of nitrogens with zero attached hydrogens (tertiary/aromatic N) is 1. The number of carbonyl (C=O) groups is 2. The number of likely N-dealkylation sites (tertiary alicyclic amines) is 1. The fourth-order valence-corrected chi connectivity index (χ4v) is 7.95. The zero-order valence-electron chi connectivity index (χ0n) is 23.1. The molecule has 2 amide bonds. The Bertz CT molecular complexity index is 1340. The topological polar surface area (TPSA) is 96.3 Å². The fraction of sp³-hybridized carbons (Fsp3) is 0.467. The van der Waals surface area contributed by atoms with E-state index < -0.39 is 13.0 Å². The van der Waals surface area contributed by atoms with Crippen LogP contribution in [0, 0.1) is 21.3 Å². The SMILES string of the molecule is CCCC1=C2[C@@H](CC/C(C)=C/c3cc(I)c(O)c(OC)c3)OB(O)C[C@@H]2[C@@H]2C(=O)N(Cc3cccs3)C(=O)[C@@H]2C1. The molecule has 0 radical (unpaired) electrons. The van der Waals surface area contributed by atoms with E-state index in [4.69, 9.17) is 9.39 Å². The number of phenolic OH excluding ortho intramolecular Hbond substituents is 1. The minimum atomic E-state index is -0.971. The number of carbonyl (C=O) groups excluding carboxylic acids is 2. The molecule has 3 heterocycles. The highest BCUT2D eigenvalue weighted by molar-refractivity contribution is 14.1. The van der Waals surface area contributed by atoms with E-state index in [0.717, 1.165) is 40.8 Å². The first-order valence-electron chi connectivity index (χ1n) is 13.9. The van der Waals surface area contributed by atoms with Crippen LogP contribution in [0.3, 0.4) is 0 Å². The number of phenols is 1. The average molecular weight is 675 g/mol. The number of thiophene rings is 1. The highest BCUT2D eigenvalue weighted by Crippen LogP contribution is 2.51. The van der Waals surface area contributed by atoms with Crippen LogP contribution < -0.4 is 4.74 Å². The standard InChI is InChI=1S/C30H35BINO6S/c1-4-6-19-14-21-27(30(36)33(29(21)35)16-20-7-5-10-40-20)22-15-31(37)39-24(26(19)22)9-8-17(2)11-18-12-23(32)28(34)25(13-18)38-3/h5,7,10-13,21-22,24,27,34,37H,4,6,8-9,14-16H2,1-3H3/b17-11+/t21-,22+,24-,27-/m1/s1. The molecular formula is C30H35BINO6S. The summed E-state index contributed by atoms with van der Waals surface area (Å²) < 4.78 is 12.2. The lowest BCUT2D eigenvalue weighted by molar-refractivity contribution is -0.140. The Morgan fingerprint density at radius 1 is 1.30 bits per heavy atom. The van der Waals surface area contributed by atoms with Gasteiger partial charge in [0.1, 0.15) is 0 Å². The Morgan fingerprint density at radius 3 is 2.80 bits per heavy atom. The number of benzene rings is 1. The second-order valence-corrected chi connectivity index (χ2v) is 13.2. The quantitative estimate of drug-likeness (QED) is 0.146. The summed E-state index contributed by atoms with van der Waals surface area (Å²) in [6, 6.07) is 7.61. The maximum absolute atomic E-state index is 13.7. The molecule has 3 aliphatic rings. The molecule has 0 spiro atoms. The van der Waals surface area contributed by atoms with Crippen molar-refractivity contribution in [2.45, 2.75) is 64.9 Å². The van der Waals surface area contributed by atoms with E-state index in [1.807, 2.05) is 29.6 Å². The maximum Gasteiger partial charge on any atom is 0.455 e. The molecule has 10 heteroatoms. The Labute approximate surface area is 253 Å². The number of hydrogen-bond acceptors (Lipinski definition) is 7. The second kappa shape index (κ2) is 12.4. The summed E-state index contributed by atoms with van der Waals surface area (Å²) in [5.74, 6) is -0.607. The molecule has 0 saturated carbocycles. The maximum atomic E-state index is 13.7. The van der Waals surface area contributed by atoms with Crippen molar-refractivity contribution in [2.24, 2.45) is 17.8 Å². The van der Waals surface area contributed by atoms with Gasteiger partial charge in [-0.25, -0.2) is 0 Å². The monoisotopic (exact) mass is 675 g/mol. The number of allylic oxidation sites excluding steroid dienone is 2. The van der Waals surface area contributed by atoms with E-state index >= 15 is 0 Å². The third-order valence-electron chi connectivity index (χ3n) is 8.33. The van der Waals surface area contributed by atoms with Crippen molar-refractivity contribution >= 4 is 58.9 Å². The molecule has 2 aliphatic heterocycles. The molecular weight excluding hydrogens is 640 g/mol. The first kappa shape index (κ1) is 29.4. The van der Waals surface area contributed by atoms with E-state index in [1.54, 1.807) is 11.3 Å². The van der Waals surface area contributed by atoms with Gasteiger partial charge in [0.15, 0.2) is 11.5 Å². The van der Waals surface area contributed by atoms with Crippen LogP contribution in [-0.4, -0.2) is 47.2 Å². The number of hydrogen-bond donors (Lipinski definition) is 2. The van der Waals surface area contributed by atoms with Gasteiger partial charge < -0.3 is 19.5 Å². The molecule has 212 valence electrons. The van der Waals surface area contributed by atoms with Crippen LogP contribution in [0.4, 0.5) is 0 Å². The minimum Gasteiger partial charge on any atom is -0.504 e. The molecule has 2 saturated heterocycles. The van der Waals surface area contributed by atoms with Gasteiger partial charge in [-0.2, -0.15) is 0 Å². The summed E-state index contributed by atoms with van der Waals surface area (Å²) in [6.07, 6.45) is 5.90. The molecule has 2 aromatic rings. The molecule has 0 bridgehead atoms. The van der Waals surface area contributed by atoms with Crippen molar-refractivity contribution in [3.8, 4) is 11.5 Å². The van der Waals surface area contributed by atoms with Gasteiger partial charge in [0.2, 0.25) is 11.8 Å². The van der Waals surface area contributed by atoms with Crippen LogP contribution in [0.1, 0.15) is 56.4 Å². The molecule has 2 fully saturated rings. The summed E-state index contributed by atoms with van der Waals surface area (Å²) in [7, 11) is 0.565. The van der Waals surface area contributed by atoms with Crippen molar-refractivity contribution < 1.29 is 29.1 Å². The lowest BCUT2D eigenvalue weighted by atomic mass is 9.58. The Kier molecular flexibility index (Phi) is 9.09. The van der Waals surface area contributed by atoms with Gasteiger partial charge in [0.25, 0.3) is 0 Å². The molecule has 7 nitrogen and oxygen atoms in total. The molecule has 1 aliphatic carbocycles. The largest absolute Gasteiger partial charge is 0.504 e. The molecule has 1 aromatic carbocycles. The van der Waals surface area contributed by atoms with Crippen molar-refractivity contribution in [3.63, 3.8) is 0 Å². The normalized spacial score (nSPS) is 25.0. The number of ether oxygens (including phenoxy) is 1. The molecule has 2 N–H and O–H groups in total. The van der Waals surface area contributed by atoms with Crippen LogP contribution >= 0.6 is 33.9 Å². The van der Waals surface area contributed by atoms with Gasteiger partial charge >= 0.3 is 7.12 Å². The second-order valence-electron chi connectivity index (χ2n) is 11.0. The third kappa shape index (κ3) is 5.77. The highest BCUT2D eigenvalue weighted by Gasteiger charge is 2.57. The van der Waals surface area contributed by atoms with Gasteiger partial charge in [-0.3, -0.25) is 14.5 Å². The summed E-state index contributed by atoms with van der Waals surface area (Å²) in [5, 5.41) is 22.9. The fourth-order valence-electron chi connectivity index (χ4n) is 6.63. The van der Waals surface area contributed by atoms with Gasteiger partial charge in [-0.15, -0.1) is 11.3 Å². The van der Waals surface area contributed by atoms with Crippen LogP contribution in [0.5, 0.6) is 11.5 Å². The first-order valence-corrected chi connectivity index (χ1v) is 15.8. The van der Waals surface area contributed by atoms with E-state index in [9.17, 15) is 19.7 Å². The third-order valence-corrected chi connectivity index (χ3v) is 10.0. The predicted molar refractivity (Wildman–Crippen MR) is 165 cm³/mol. The number of methoxy groups -OCH3 is 1. The Hall–Kier alpha value is -2.15. The van der Waals surface area contributed by atoms with E-state index in [2.05, 4.69) is 42.5 Å². The van der Waals surface area contributed by atoms with Gasteiger partial charge in [-0.05, 0) is 102 Å². The molecule has 1 aromatic heterocycles. The molecule has 4 atom stereocenters. The van der Waals surface area contributed by atoms with Crippen LogP contribution in [0.25, 0.3) is 6.08 Å². The highest BCUT2D eigenvalue weighted by atomic mass is 127. The molecule has 40 heavy (non-hydrogen) atoms. The lowest BCUT2D eigenvalue weighted by Gasteiger charge is -2.43. The average Bonchev–Trinajstić information content (AvgIpc) is 3.52. The number of fused-ring (bicyclic) bond motifs is 3. The Balaban J connectivity index is 1.39. The Morgan fingerprint density at radius 2 is 2.10 bits per heavy atom. The molecule has 5 rings (SSSR count).